The monoisotopic (exact) mass is 200 g/mol. The molecule has 0 saturated carbocycles. The lowest BCUT2D eigenvalue weighted by Crippen LogP contribution is -1.99. The fourth-order valence-electron chi connectivity index (χ4n) is 1.46. The minimum absolute atomic E-state index is 0.306. The van der Waals surface area contributed by atoms with Crippen LogP contribution in [0.1, 0.15) is 10.5 Å². The number of ketones is 1. The van der Waals surface area contributed by atoms with Crippen LogP contribution in [0.25, 0.3) is 10.9 Å². The van der Waals surface area contributed by atoms with Gasteiger partial charge in [0.1, 0.15) is 11.4 Å². The number of hydrogen-bond donors (Lipinski definition) is 0. The Morgan fingerprint density at radius 2 is 2.13 bits per heavy atom. The molecule has 0 bridgehead atoms. The number of carbonyl (C=O) groups is 1. The average molecular weight is 200 g/mol. The summed E-state index contributed by atoms with van der Waals surface area (Å²) in [7, 11) is 1.57. The Morgan fingerprint density at radius 3 is 2.80 bits per heavy atom. The number of pyridine rings is 1. The topological polar surface area (TPSA) is 39.2 Å². The first-order chi connectivity index (χ1) is 7.22. The molecule has 2 aromatic rings. The van der Waals surface area contributed by atoms with Crippen molar-refractivity contribution in [1.82, 2.24) is 4.98 Å². The van der Waals surface area contributed by atoms with E-state index in [2.05, 4.69) is 11.9 Å². The molecular weight excluding hydrogens is 190 g/mol. The number of rotatable bonds is 2. The van der Waals surface area contributed by atoms with Gasteiger partial charge >= 0.3 is 0 Å². The van der Waals surface area contributed by atoms with E-state index in [1.807, 2.05) is 24.3 Å². The van der Waals surface area contributed by atoms with Crippen molar-refractivity contribution in [2.45, 2.75) is 0 Å². The summed E-state index contributed by atoms with van der Waals surface area (Å²) < 4.78 is 5.20. The highest BCUT2D eigenvalue weighted by molar-refractivity contribution is 6.00. The molecule has 75 valence electrons. The molecule has 1 aromatic heterocycles. The van der Waals surface area contributed by atoms with Gasteiger partial charge in [-0.2, -0.15) is 0 Å². The molecule has 0 amide bonds. The molecule has 3 heteroatoms. The summed E-state index contributed by atoms with van der Waals surface area (Å²) in [6, 6.07) is 9.12. The van der Waals surface area contributed by atoms with Crippen LogP contribution in [0.2, 0.25) is 0 Å². The zero-order valence-electron chi connectivity index (χ0n) is 8.36. The van der Waals surface area contributed by atoms with E-state index in [4.69, 9.17) is 4.74 Å². The van der Waals surface area contributed by atoms with Crippen molar-refractivity contribution < 1.29 is 9.53 Å². The van der Waals surface area contributed by atoms with Crippen LogP contribution in [0, 0.1) is 6.92 Å². The maximum atomic E-state index is 11.1. The number of ether oxygens (including phenoxy) is 1. The molecule has 15 heavy (non-hydrogen) atoms. The molecule has 0 unspecified atom stereocenters. The van der Waals surface area contributed by atoms with Gasteiger partial charge in [-0.05, 0) is 12.1 Å². The quantitative estimate of drug-likeness (QED) is 0.698. The van der Waals surface area contributed by atoms with Crippen molar-refractivity contribution in [3.63, 3.8) is 0 Å². The summed E-state index contributed by atoms with van der Waals surface area (Å²) >= 11 is 0. The molecule has 1 heterocycles. The van der Waals surface area contributed by atoms with Gasteiger partial charge in [0.05, 0.1) is 12.6 Å². The maximum Gasteiger partial charge on any atom is 0.181 e. The number of hydrogen-bond acceptors (Lipinski definition) is 3. The van der Waals surface area contributed by atoms with Gasteiger partial charge in [0.15, 0.2) is 5.78 Å². The number of carbonyl (C=O) groups excluding carboxylic acids is 1. The maximum absolute atomic E-state index is 11.1. The van der Waals surface area contributed by atoms with Crippen molar-refractivity contribution >= 4 is 16.7 Å². The fraction of sp³-hybridized carbons (Fsp3) is 0.0833. The molecule has 0 saturated heterocycles. The Hall–Kier alpha value is -1.90. The largest absolute Gasteiger partial charge is 0.496 e. The summed E-state index contributed by atoms with van der Waals surface area (Å²) in [6.45, 7) is 3.33. The van der Waals surface area contributed by atoms with E-state index in [-0.39, 0.29) is 5.78 Å². The van der Waals surface area contributed by atoms with E-state index < -0.39 is 0 Å². The smallest absolute Gasteiger partial charge is 0.181 e. The summed E-state index contributed by atoms with van der Waals surface area (Å²) in [5.41, 5.74) is 1.06. The first-order valence-corrected chi connectivity index (χ1v) is 4.52. The van der Waals surface area contributed by atoms with Crippen molar-refractivity contribution in [1.29, 1.82) is 0 Å². The lowest BCUT2D eigenvalue weighted by Gasteiger charge is -2.06. The molecule has 2 rings (SSSR count). The Kier molecular flexibility index (Phi) is 2.37. The molecule has 0 fully saturated rings. The highest BCUT2D eigenvalue weighted by Crippen LogP contribution is 2.24. The third-order valence-corrected chi connectivity index (χ3v) is 2.18. The number of benzene rings is 1. The van der Waals surface area contributed by atoms with Crippen LogP contribution >= 0.6 is 0 Å². The van der Waals surface area contributed by atoms with Crippen LogP contribution in [-0.4, -0.2) is 17.9 Å². The minimum atomic E-state index is -0.306. The highest BCUT2D eigenvalue weighted by Gasteiger charge is 2.08. The van der Waals surface area contributed by atoms with Gasteiger partial charge in [-0.1, -0.05) is 12.1 Å². The van der Waals surface area contributed by atoms with Gasteiger partial charge in [-0.25, -0.2) is 4.98 Å². The molecular formula is C12H10NO2. The normalized spacial score (nSPS) is 10.3. The van der Waals surface area contributed by atoms with Crippen molar-refractivity contribution in [2.75, 3.05) is 7.11 Å². The van der Waals surface area contributed by atoms with Crippen LogP contribution in [0.4, 0.5) is 0 Å². The van der Waals surface area contributed by atoms with E-state index in [0.29, 0.717) is 11.4 Å². The van der Waals surface area contributed by atoms with Crippen LogP contribution in [-0.2, 0) is 0 Å². The molecule has 0 aliphatic carbocycles. The first-order valence-electron chi connectivity index (χ1n) is 4.52. The highest BCUT2D eigenvalue weighted by atomic mass is 16.5. The minimum Gasteiger partial charge on any atom is -0.496 e. The van der Waals surface area contributed by atoms with Gasteiger partial charge < -0.3 is 4.74 Å². The van der Waals surface area contributed by atoms with E-state index in [1.165, 1.54) is 0 Å². The van der Waals surface area contributed by atoms with Crippen LogP contribution in [0.15, 0.2) is 30.3 Å². The summed E-state index contributed by atoms with van der Waals surface area (Å²) in [5, 5.41) is 0.894. The second-order valence-corrected chi connectivity index (χ2v) is 3.15. The predicted octanol–water partition coefficient (Wildman–Crippen LogP) is 2.26. The first kappa shape index (κ1) is 9.65. The van der Waals surface area contributed by atoms with Gasteiger partial charge in [0.25, 0.3) is 0 Å². The summed E-state index contributed by atoms with van der Waals surface area (Å²) in [5.74, 6) is 0.339. The third-order valence-electron chi connectivity index (χ3n) is 2.18. The van der Waals surface area contributed by atoms with Gasteiger partial charge in [0.2, 0.25) is 0 Å². The average Bonchev–Trinajstić information content (AvgIpc) is 2.27. The number of nitrogens with zero attached hydrogens (tertiary/aromatic N) is 1. The van der Waals surface area contributed by atoms with Crippen LogP contribution in [0.3, 0.4) is 0 Å². The lowest BCUT2D eigenvalue weighted by atomic mass is 10.1. The Morgan fingerprint density at radius 1 is 1.40 bits per heavy atom. The van der Waals surface area contributed by atoms with E-state index >= 15 is 0 Å². The SMILES string of the molecule is [CH2]C(=O)c1cc(OC)c2ccccc2n1. The second kappa shape index (κ2) is 3.69. The predicted molar refractivity (Wildman–Crippen MR) is 58.0 cm³/mol. The second-order valence-electron chi connectivity index (χ2n) is 3.15. The number of para-hydroxylation sites is 1. The molecule has 0 atom stereocenters. The van der Waals surface area contributed by atoms with Crippen molar-refractivity contribution in [2.24, 2.45) is 0 Å². The Labute approximate surface area is 87.7 Å². The van der Waals surface area contributed by atoms with Crippen molar-refractivity contribution in [3.8, 4) is 5.75 Å². The van der Waals surface area contributed by atoms with E-state index in [1.54, 1.807) is 13.2 Å². The summed E-state index contributed by atoms with van der Waals surface area (Å²) in [4.78, 5) is 15.3. The molecule has 1 aromatic carbocycles. The molecule has 0 aliphatic rings. The molecule has 1 radical (unpaired) electrons. The van der Waals surface area contributed by atoms with Gasteiger partial charge in [-0.15, -0.1) is 0 Å². The van der Waals surface area contributed by atoms with E-state index in [9.17, 15) is 4.79 Å². The van der Waals surface area contributed by atoms with Gasteiger partial charge in [-0.3, -0.25) is 4.79 Å². The molecule has 0 spiro atoms. The third kappa shape index (κ3) is 1.68. The Bertz CT molecular complexity index is 520. The fourth-order valence-corrected chi connectivity index (χ4v) is 1.46. The standard InChI is InChI=1S/C12H10NO2/c1-8(14)11-7-12(15-2)9-5-3-4-6-10(9)13-11/h3-7H,1H2,2H3. The lowest BCUT2D eigenvalue weighted by molar-refractivity contribution is 0.103. The van der Waals surface area contributed by atoms with E-state index in [0.717, 1.165) is 10.9 Å². The summed E-state index contributed by atoms with van der Waals surface area (Å²) in [6.07, 6.45) is 0. The van der Waals surface area contributed by atoms with Gasteiger partial charge in [0, 0.05) is 18.4 Å². The number of aromatic nitrogens is 1. The number of methoxy groups -OCH3 is 1. The molecule has 0 aliphatic heterocycles. The van der Waals surface area contributed by atoms with Crippen molar-refractivity contribution in [3.05, 3.63) is 42.9 Å². The zero-order valence-corrected chi connectivity index (χ0v) is 8.36. The number of fused-ring (bicyclic) bond motifs is 1. The molecule has 0 N–H and O–H groups in total. The molecule has 3 nitrogen and oxygen atoms in total. The Balaban J connectivity index is 2.77. The van der Waals surface area contributed by atoms with Crippen LogP contribution in [0.5, 0.6) is 5.75 Å². The number of Topliss-reactive ketones (excluding diaryl/α,β-unsaturated/α-hetero) is 1. The zero-order chi connectivity index (χ0) is 10.8. The van der Waals surface area contributed by atoms with Crippen LogP contribution < -0.4 is 4.74 Å².